The van der Waals surface area contributed by atoms with Crippen molar-refractivity contribution in [3.63, 3.8) is 0 Å². The number of nitrogens with zero attached hydrogens (tertiary/aromatic N) is 6. The lowest BCUT2D eigenvalue weighted by molar-refractivity contribution is -0.135. The zero-order valence-corrected chi connectivity index (χ0v) is 13.4. The van der Waals surface area contributed by atoms with Crippen molar-refractivity contribution in [1.82, 2.24) is 29.6 Å². The van der Waals surface area contributed by atoms with Crippen LogP contribution in [0.2, 0.25) is 0 Å². The topological polar surface area (TPSA) is 100 Å². The Hall–Kier alpha value is -2.71. The molecule has 3 rings (SSSR count). The van der Waals surface area contributed by atoms with Crippen molar-refractivity contribution in [2.45, 2.75) is 25.9 Å². The van der Waals surface area contributed by atoms with Gasteiger partial charge in [-0.1, -0.05) is 0 Å². The SMILES string of the molecule is C[C@@H](C(=O)N1CCc2c(nc(N(C)C)[nH]c2=O)C1)n1cncn1. The fraction of sp³-hybridized carbons (Fsp3) is 0.500. The van der Waals surface area contributed by atoms with Crippen molar-refractivity contribution in [3.8, 4) is 0 Å². The Morgan fingerprint density at radius 3 is 2.87 bits per heavy atom. The van der Waals surface area contributed by atoms with Crippen LogP contribution in [0.15, 0.2) is 17.4 Å². The van der Waals surface area contributed by atoms with Gasteiger partial charge in [0, 0.05) is 26.2 Å². The molecule has 0 radical (unpaired) electrons. The quantitative estimate of drug-likeness (QED) is 0.825. The summed E-state index contributed by atoms with van der Waals surface area (Å²) in [5.41, 5.74) is 1.19. The highest BCUT2D eigenvalue weighted by Crippen LogP contribution is 2.18. The normalized spacial score (nSPS) is 15.2. The van der Waals surface area contributed by atoms with E-state index in [4.69, 9.17) is 0 Å². The summed E-state index contributed by atoms with van der Waals surface area (Å²) in [6.45, 7) is 2.61. The van der Waals surface area contributed by atoms with Crippen LogP contribution in [0.3, 0.4) is 0 Å². The minimum atomic E-state index is -0.436. The second kappa shape index (κ2) is 5.82. The lowest BCUT2D eigenvalue weighted by Crippen LogP contribution is -2.42. The number of aromatic nitrogens is 5. The van der Waals surface area contributed by atoms with Crippen LogP contribution < -0.4 is 10.5 Å². The van der Waals surface area contributed by atoms with E-state index in [0.29, 0.717) is 36.7 Å². The number of amides is 1. The van der Waals surface area contributed by atoms with Crippen LogP contribution in [0.4, 0.5) is 5.95 Å². The first-order valence-electron chi connectivity index (χ1n) is 7.39. The van der Waals surface area contributed by atoms with E-state index < -0.39 is 6.04 Å². The van der Waals surface area contributed by atoms with Crippen LogP contribution >= 0.6 is 0 Å². The van der Waals surface area contributed by atoms with E-state index in [1.54, 1.807) is 16.7 Å². The molecule has 1 N–H and O–H groups in total. The molecule has 23 heavy (non-hydrogen) atoms. The third kappa shape index (κ3) is 2.81. The van der Waals surface area contributed by atoms with Crippen molar-refractivity contribution in [3.05, 3.63) is 34.3 Å². The number of carbonyl (C=O) groups is 1. The van der Waals surface area contributed by atoms with E-state index in [1.165, 1.54) is 17.3 Å². The average Bonchev–Trinajstić information content (AvgIpc) is 3.07. The van der Waals surface area contributed by atoms with E-state index in [2.05, 4.69) is 20.1 Å². The molecule has 2 aromatic rings. The van der Waals surface area contributed by atoms with Gasteiger partial charge in [0.15, 0.2) is 0 Å². The zero-order valence-electron chi connectivity index (χ0n) is 13.4. The molecule has 1 aliphatic rings. The molecule has 0 bridgehead atoms. The summed E-state index contributed by atoms with van der Waals surface area (Å²) < 4.78 is 1.52. The third-order valence-corrected chi connectivity index (χ3v) is 3.99. The standard InChI is InChI=1S/C14H19N7O2/c1-9(21-8-15-7-16-21)13(23)20-5-4-10-11(6-20)17-14(19(2)3)18-12(10)22/h7-9H,4-6H2,1-3H3,(H,17,18,22)/t9-/m0/s1. The first-order chi connectivity index (χ1) is 11.0. The molecule has 2 aromatic heterocycles. The maximum atomic E-state index is 12.6. The lowest BCUT2D eigenvalue weighted by Gasteiger charge is -2.30. The first-order valence-corrected chi connectivity index (χ1v) is 7.39. The van der Waals surface area contributed by atoms with Crippen LogP contribution in [-0.4, -0.2) is 56.2 Å². The van der Waals surface area contributed by atoms with Gasteiger partial charge < -0.3 is 9.80 Å². The molecular weight excluding hydrogens is 298 g/mol. The molecule has 3 heterocycles. The summed E-state index contributed by atoms with van der Waals surface area (Å²) in [7, 11) is 3.62. The number of nitrogens with one attached hydrogen (secondary N) is 1. The second-order valence-electron chi connectivity index (χ2n) is 5.77. The fourth-order valence-electron chi connectivity index (χ4n) is 2.62. The summed E-state index contributed by atoms with van der Waals surface area (Å²) in [6, 6.07) is -0.436. The van der Waals surface area contributed by atoms with Crippen LogP contribution in [0, 0.1) is 0 Å². The number of carbonyl (C=O) groups excluding carboxylic acids is 1. The minimum absolute atomic E-state index is 0.0605. The van der Waals surface area contributed by atoms with Crippen LogP contribution in [0.25, 0.3) is 0 Å². The number of H-pyrrole nitrogens is 1. The summed E-state index contributed by atoms with van der Waals surface area (Å²) in [5, 5.41) is 4.01. The van der Waals surface area contributed by atoms with Gasteiger partial charge in [-0.05, 0) is 13.3 Å². The monoisotopic (exact) mass is 317 g/mol. The molecule has 1 atom stereocenters. The van der Waals surface area contributed by atoms with Crippen molar-refractivity contribution in [2.24, 2.45) is 0 Å². The molecule has 0 saturated carbocycles. The van der Waals surface area contributed by atoms with Gasteiger partial charge in [-0.3, -0.25) is 14.6 Å². The van der Waals surface area contributed by atoms with E-state index in [1.807, 2.05) is 14.1 Å². The summed E-state index contributed by atoms with van der Waals surface area (Å²) in [5.74, 6) is 0.432. The Balaban J connectivity index is 1.85. The van der Waals surface area contributed by atoms with Crippen molar-refractivity contribution < 1.29 is 4.79 Å². The Bertz CT molecular complexity index is 766. The number of fused-ring (bicyclic) bond motifs is 1. The Morgan fingerprint density at radius 1 is 1.43 bits per heavy atom. The highest BCUT2D eigenvalue weighted by atomic mass is 16.2. The smallest absolute Gasteiger partial charge is 0.255 e. The van der Waals surface area contributed by atoms with Crippen molar-refractivity contribution in [2.75, 3.05) is 25.5 Å². The van der Waals surface area contributed by atoms with Gasteiger partial charge in [0.05, 0.1) is 12.2 Å². The van der Waals surface area contributed by atoms with Crippen molar-refractivity contribution in [1.29, 1.82) is 0 Å². The van der Waals surface area contributed by atoms with Crippen LogP contribution in [-0.2, 0) is 17.8 Å². The predicted molar refractivity (Wildman–Crippen MR) is 83.0 cm³/mol. The largest absolute Gasteiger partial charge is 0.348 e. The first kappa shape index (κ1) is 15.2. The molecule has 0 aliphatic carbocycles. The summed E-state index contributed by atoms with van der Waals surface area (Å²) in [6.07, 6.45) is 3.43. The van der Waals surface area contributed by atoms with E-state index >= 15 is 0 Å². The van der Waals surface area contributed by atoms with Gasteiger partial charge in [0.1, 0.15) is 18.7 Å². The highest BCUT2D eigenvalue weighted by Gasteiger charge is 2.28. The second-order valence-corrected chi connectivity index (χ2v) is 5.77. The molecule has 122 valence electrons. The molecule has 1 amide bonds. The van der Waals surface area contributed by atoms with Gasteiger partial charge in [-0.25, -0.2) is 14.6 Å². The molecule has 0 spiro atoms. The van der Waals surface area contributed by atoms with E-state index in [0.717, 1.165) is 0 Å². The number of rotatable bonds is 3. The summed E-state index contributed by atoms with van der Waals surface area (Å²) in [4.78, 5) is 39.3. The minimum Gasteiger partial charge on any atom is -0.348 e. The number of hydrogen-bond acceptors (Lipinski definition) is 6. The number of anilines is 1. The van der Waals surface area contributed by atoms with Crippen LogP contribution in [0.5, 0.6) is 0 Å². The highest BCUT2D eigenvalue weighted by molar-refractivity contribution is 5.80. The van der Waals surface area contributed by atoms with Crippen LogP contribution in [0.1, 0.15) is 24.2 Å². The molecule has 9 heteroatoms. The van der Waals surface area contributed by atoms with Gasteiger partial charge in [-0.15, -0.1) is 0 Å². The number of hydrogen-bond donors (Lipinski definition) is 1. The Kier molecular flexibility index (Phi) is 3.85. The molecule has 1 aliphatic heterocycles. The van der Waals surface area contributed by atoms with Gasteiger partial charge >= 0.3 is 0 Å². The van der Waals surface area contributed by atoms with E-state index in [9.17, 15) is 9.59 Å². The molecule has 0 saturated heterocycles. The zero-order chi connectivity index (χ0) is 16.6. The third-order valence-electron chi connectivity index (χ3n) is 3.99. The lowest BCUT2D eigenvalue weighted by atomic mass is 10.1. The van der Waals surface area contributed by atoms with Gasteiger partial charge in [0.2, 0.25) is 11.9 Å². The van der Waals surface area contributed by atoms with Gasteiger partial charge in [0.25, 0.3) is 5.56 Å². The molecule has 0 aromatic carbocycles. The van der Waals surface area contributed by atoms with E-state index in [-0.39, 0.29) is 11.5 Å². The number of aromatic amines is 1. The Labute approximate surface area is 133 Å². The predicted octanol–water partition coefficient (Wildman–Crippen LogP) is -0.427. The van der Waals surface area contributed by atoms with Gasteiger partial charge in [-0.2, -0.15) is 5.10 Å². The fourth-order valence-corrected chi connectivity index (χ4v) is 2.62. The maximum Gasteiger partial charge on any atom is 0.255 e. The van der Waals surface area contributed by atoms with Crippen molar-refractivity contribution >= 4 is 11.9 Å². The molecule has 0 unspecified atom stereocenters. The summed E-state index contributed by atoms with van der Waals surface area (Å²) >= 11 is 0. The maximum absolute atomic E-state index is 12.6. The molecule has 9 nitrogen and oxygen atoms in total. The Morgan fingerprint density at radius 2 is 2.22 bits per heavy atom. The molecule has 0 fully saturated rings. The molecular formula is C14H19N7O2. The average molecular weight is 317 g/mol.